The summed E-state index contributed by atoms with van der Waals surface area (Å²) in [6.07, 6.45) is 5.45. The highest BCUT2D eigenvalue weighted by atomic mass is 32.2. The summed E-state index contributed by atoms with van der Waals surface area (Å²) < 4.78 is 9.34. The maximum absolute atomic E-state index is 12.6. The predicted octanol–water partition coefficient (Wildman–Crippen LogP) is 3.14. The van der Waals surface area contributed by atoms with Crippen molar-refractivity contribution in [3.05, 3.63) is 30.7 Å². The third kappa shape index (κ3) is 4.44. The number of furan rings is 1. The molecule has 0 aromatic carbocycles. The first kappa shape index (κ1) is 20.7. The molecule has 1 N–H and O–H groups in total. The molecule has 4 rings (SSSR count). The summed E-state index contributed by atoms with van der Waals surface area (Å²) in [4.78, 5) is 15.0. The number of anilines is 1. The van der Waals surface area contributed by atoms with E-state index in [0.29, 0.717) is 29.3 Å². The van der Waals surface area contributed by atoms with Gasteiger partial charge in [-0.15, -0.1) is 10.2 Å². The summed E-state index contributed by atoms with van der Waals surface area (Å²) in [6.45, 7) is 8.10. The van der Waals surface area contributed by atoms with Crippen LogP contribution in [0.2, 0.25) is 0 Å². The Morgan fingerprint density at radius 3 is 2.77 bits per heavy atom. The first-order valence-corrected chi connectivity index (χ1v) is 11.3. The molecule has 1 aliphatic rings. The molecule has 0 radical (unpaired) electrons. The van der Waals surface area contributed by atoms with E-state index in [1.807, 2.05) is 34.4 Å². The van der Waals surface area contributed by atoms with Gasteiger partial charge in [0.2, 0.25) is 5.91 Å². The van der Waals surface area contributed by atoms with E-state index in [-0.39, 0.29) is 11.7 Å². The number of carbonyl (C=O) groups is 1. The van der Waals surface area contributed by atoms with Gasteiger partial charge < -0.3 is 14.6 Å². The van der Waals surface area contributed by atoms with E-state index in [4.69, 9.17) is 4.42 Å². The minimum absolute atomic E-state index is 0.0852. The summed E-state index contributed by atoms with van der Waals surface area (Å²) >= 11 is 1.36. The normalized spacial score (nSPS) is 15.5. The van der Waals surface area contributed by atoms with Crippen molar-refractivity contribution in [2.75, 3.05) is 30.7 Å². The zero-order valence-electron chi connectivity index (χ0n) is 17.3. The summed E-state index contributed by atoms with van der Waals surface area (Å²) in [7, 11) is 0. The molecule has 0 atom stereocenters. The fourth-order valence-corrected chi connectivity index (χ4v) is 4.56. The Kier molecular flexibility index (Phi) is 6.53. The van der Waals surface area contributed by atoms with Crippen LogP contribution in [0.25, 0.3) is 11.6 Å². The number of nitrogens with zero attached hydrogens (tertiary/aromatic N) is 6. The van der Waals surface area contributed by atoms with Crippen LogP contribution in [0.3, 0.4) is 0 Å². The van der Waals surface area contributed by atoms with Crippen molar-refractivity contribution in [2.24, 2.45) is 0 Å². The Hall–Kier alpha value is -2.59. The number of aromatic nitrogens is 5. The molecule has 10 heteroatoms. The average Bonchev–Trinajstić information content (AvgIpc) is 3.52. The van der Waals surface area contributed by atoms with Crippen molar-refractivity contribution in [1.29, 1.82) is 0 Å². The Balaban J connectivity index is 1.36. The molecule has 160 valence electrons. The van der Waals surface area contributed by atoms with Gasteiger partial charge in [-0.3, -0.25) is 9.36 Å². The van der Waals surface area contributed by atoms with Gasteiger partial charge in [-0.25, -0.2) is 4.68 Å². The van der Waals surface area contributed by atoms with E-state index in [1.165, 1.54) is 11.8 Å². The molecule has 0 bridgehead atoms. The van der Waals surface area contributed by atoms with Gasteiger partial charge in [0.25, 0.3) is 0 Å². The lowest BCUT2D eigenvalue weighted by Gasteiger charge is -2.31. The van der Waals surface area contributed by atoms with E-state index < -0.39 is 0 Å². The molecule has 0 unspecified atom stereocenters. The smallest absolute Gasteiger partial charge is 0.235 e. The number of amides is 1. The highest BCUT2D eigenvalue weighted by Gasteiger charge is 2.23. The van der Waals surface area contributed by atoms with Gasteiger partial charge in [0.05, 0.1) is 24.3 Å². The molecule has 1 fully saturated rings. The lowest BCUT2D eigenvalue weighted by molar-refractivity contribution is -0.113. The topological polar surface area (TPSA) is 94.0 Å². The van der Waals surface area contributed by atoms with Gasteiger partial charge in [-0.05, 0) is 38.4 Å². The Morgan fingerprint density at radius 2 is 2.07 bits per heavy atom. The Morgan fingerprint density at radius 1 is 1.23 bits per heavy atom. The highest BCUT2D eigenvalue weighted by Crippen LogP contribution is 2.26. The van der Waals surface area contributed by atoms with Gasteiger partial charge in [-0.1, -0.05) is 18.7 Å². The number of piperidine rings is 1. The van der Waals surface area contributed by atoms with Crippen molar-refractivity contribution in [1.82, 2.24) is 29.4 Å². The van der Waals surface area contributed by atoms with E-state index in [1.54, 1.807) is 12.5 Å². The van der Waals surface area contributed by atoms with Crippen molar-refractivity contribution in [3.63, 3.8) is 0 Å². The molecule has 3 aromatic heterocycles. The van der Waals surface area contributed by atoms with Crippen LogP contribution in [0.1, 0.15) is 32.7 Å². The first-order valence-electron chi connectivity index (χ1n) is 10.3. The largest absolute Gasteiger partial charge is 0.461 e. The molecular weight excluding hydrogens is 402 g/mol. The summed E-state index contributed by atoms with van der Waals surface area (Å²) in [5, 5.41) is 16.6. The van der Waals surface area contributed by atoms with E-state index in [0.717, 1.165) is 38.3 Å². The molecule has 9 nitrogen and oxygen atoms in total. The molecule has 1 aliphatic heterocycles. The zero-order chi connectivity index (χ0) is 20.9. The van der Waals surface area contributed by atoms with Crippen LogP contribution in [0.5, 0.6) is 0 Å². The lowest BCUT2D eigenvalue weighted by atomic mass is 10.1. The van der Waals surface area contributed by atoms with Crippen LogP contribution >= 0.6 is 11.8 Å². The maximum atomic E-state index is 12.6. The van der Waals surface area contributed by atoms with Crippen molar-refractivity contribution in [2.45, 2.75) is 44.4 Å². The second kappa shape index (κ2) is 9.48. The summed E-state index contributed by atoms with van der Waals surface area (Å²) in [5.41, 5.74) is 0. The van der Waals surface area contributed by atoms with Crippen LogP contribution in [0.15, 0.2) is 40.2 Å². The maximum Gasteiger partial charge on any atom is 0.235 e. The average molecular weight is 430 g/mol. The number of rotatable bonds is 8. The minimum atomic E-state index is -0.0852. The first-order chi connectivity index (χ1) is 14.7. The van der Waals surface area contributed by atoms with Crippen molar-refractivity contribution >= 4 is 23.5 Å². The molecule has 0 spiro atoms. The van der Waals surface area contributed by atoms with Crippen LogP contribution in [0, 0.1) is 0 Å². The number of nitrogens with one attached hydrogen (secondary N) is 1. The highest BCUT2D eigenvalue weighted by molar-refractivity contribution is 7.99. The van der Waals surface area contributed by atoms with Crippen LogP contribution in [-0.4, -0.2) is 60.7 Å². The molecule has 30 heavy (non-hydrogen) atoms. The van der Waals surface area contributed by atoms with E-state index in [2.05, 4.69) is 32.4 Å². The standard InChI is InChI=1S/C20H27N7O2S/c1-3-25-11-8-15(9-12-25)27-17(7-10-21-27)22-18(28)14-30-20-24-23-19(26(20)4-2)16-6-5-13-29-16/h5-7,10,13,15H,3-4,8-9,11-12,14H2,1-2H3,(H,22,28). The monoisotopic (exact) mass is 429 g/mol. The number of thioether (sulfide) groups is 1. The van der Waals surface area contributed by atoms with Crippen LogP contribution < -0.4 is 5.32 Å². The van der Waals surface area contributed by atoms with Gasteiger partial charge in [0, 0.05) is 25.7 Å². The molecule has 4 heterocycles. The molecule has 1 amide bonds. The molecule has 3 aromatic rings. The minimum Gasteiger partial charge on any atom is -0.461 e. The fourth-order valence-electron chi connectivity index (χ4n) is 3.76. The molecular formula is C20H27N7O2S. The predicted molar refractivity (Wildman–Crippen MR) is 115 cm³/mol. The van der Waals surface area contributed by atoms with Crippen molar-refractivity contribution in [3.8, 4) is 11.6 Å². The SMILES string of the molecule is CCN1CCC(n2nccc2NC(=O)CSc2nnc(-c3ccco3)n2CC)CC1. The second-order valence-electron chi connectivity index (χ2n) is 7.19. The third-order valence-corrected chi connectivity index (χ3v) is 6.36. The van der Waals surface area contributed by atoms with Crippen LogP contribution in [-0.2, 0) is 11.3 Å². The molecule has 0 saturated carbocycles. The number of likely N-dealkylation sites (tertiary alicyclic amines) is 1. The quantitative estimate of drug-likeness (QED) is 0.550. The summed E-state index contributed by atoms with van der Waals surface area (Å²) in [5.74, 6) is 2.25. The number of carbonyl (C=O) groups excluding carboxylic acids is 1. The summed E-state index contributed by atoms with van der Waals surface area (Å²) in [6, 6.07) is 5.85. The van der Waals surface area contributed by atoms with Gasteiger partial charge >= 0.3 is 0 Å². The third-order valence-electron chi connectivity index (χ3n) is 5.39. The Bertz CT molecular complexity index is 958. The fraction of sp³-hybridized carbons (Fsp3) is 0.500. The second-order valence-corrected chi connectivity index (χ2v) is 8.13. The van der Waals surface area contributed by atoms with Crippen LogP contribution in [0.4, 0.5) is 5.82 Å². The van der Waals surface area contributed by atoms with E-state index in [9.17, 15) is 4.79 Å². The van der Waals surface area contributed by atoms with Gasteiger partial charge in [-0.2, -0.15) is 5.10 Å². The zero-order valence-corrected chi connectivity index (χ0v) is 18.1. The number of hydrogen-bond acceptors (Lipinski definition) is 7. The van der Waals surface area contributed by atoms with E-state index >= 15 is 0 Å². The molecule has 1 saturated heterocycles. The Labute approximate surface area is 179 Å². The van der Waals surface area contributed by atoms with Gasteiger partial charge in [0.1, 0.15) is 5.82 Å². The lowest BCUT2D eigenvalue weighted by Crippen LogP contribution is -2.35. The number of hydrogen-bond donors (Lipinski definition) is 1. The van der Waals surface area contributed by atoms with Crippen molar-refractivity contribution < 1.29 is 9.21 Å². The molecule has 0 aliphatic carbocycles. The van der Waals surface area contributed by atoms with Gasteiger partial charge in [0.15, 0.2) is 16.7 Å².